The Morgan fingerprint density at radius 1 is 1.03 bits per heavy atom. The van der Waals surface area contributed by atoms with Crippen LogP contribution in [-0.2, 0) is 13.9 Å². The van der Waals surface area contributed by atoms with Gasteiger partial charge in [0, 0.05) is 12.6 Å². The summed E-state index contributed by atoms with van der Waals surface area (Å²) in [6.45, 7) is 23.4. The van der Waals surface area contributed by atoms with E-state index in [1.54, 1.807) is 4.90 Å². The summed E-state index contributed by atoms with van der Waals surface area (Å²) in [5.41, 5.74) is 1.38. The van der Waals surface area contributed by atoms with Gasteiger partial charge >= 0.3 is 6.09 Å². The normalized spacial score (nSPS) is 21.0. The molecule has 178 valence electrons. The number of hydrogen-bond acceptors (Lipinski definition) is 4. The van der Waals surface area contributed by atoms with Crippen LogP contribution in [0.25, 0.3) is 0 Å². The molecule has 1 fully saturated rings. The van der Waals surface area contributed by atoms with Crippen LogP contribution < -0.4 is 0 Å². The Hall–Kier alpha value is -0.593. The van der Waals surface area contributed by atoms with Crippen LogP contribution in [0, 0.1) is 0 Å². The molecule has 0 aromatic rings. The summed E-state index contributed by atoms with van der Waals surface area (Å²) in [5, 5.41) is 0. The van der Waals surface area contributed by atoms with E-state index in [0.29, 0.717) is 23.2 Å². The first-order valence-electron chi connectivity index (χ1n) is 12.1. The molecular weight excluding hydrogens is 394 g/mol. The average Bonchev–Trinajstić information content (AvgIpc) is 2.58. The van der Waals surface area contributed by atoms with E-state index >= 15 is 0 Å². The maximum atomic E-state index is 12.7. The second kappa shape index (κ2) is 11.9. The predicted molar refractivity (Wildman–Crippen MR) is 127 cm³/mol. The fraction of sp³-hybridized carbons (Fsp3) is 0.958. The van der Waals surface area contributed by atoms with Gasteiger partial charge in [0.1, 0.15) is 11.8 Å². The van der Waals surface area contributed by atoms with Crippen LogP contribution >= 0.6 is 0 Å². The monoisotopic (exact) mass is 443 g/mol. The standard InChI is InChI=1S/C24H49NO4Si/c1-18(2)30(19(3)4,20(5)6)28-16-13-11-12-14-22-25(21(7)15-17-27-22)23(26)29-24(8,9)10/h18-22H,11-17H2,1-10H3/t21-,22-/m0/s1. The molecular formula is C24H49NO4Si. The van der Waals surface area contributed by atoms with Crippen molar-refractivity contribution in [3.63, 3.8) is 0 Å². The van der Waals surface area contributed by atoms with Gasteiger partial charge in [-0.05, 0) is 70.0 Å². The smallest absolute Gasteiger partial charge is 0.412 e. The van der Waals surface area contributed by atoms with E-state index in [1.807, 2.05) is 20.8 Å². The molecule has 5 nitrogen and oxygen atoms in total. The van der Waals surface area contributed by atoms with Gasteiger partial charge in [0.05, 0.1) is 6.61 Å². The molecule has 0 aromatic heterocycles. The highest BCUT2D eigenvalue weighted by molar-refractivity contribution is 6.77. The average molecular weight is 444 g/mol. The van der Waals surface area contributed by atoms with Crippen LogP contribution in [0.4, 0.5) is 4.79 Å². The zero-order valence-electron chi connectivity index (χ0n) is 21.4. The second-order valence-electron chi connectivity index (χ2n) is 10.9. The van der Waals surface area contributed by atoms with E-state index < -0.39 is 13.9 Å². The highest BCUT2D eigenvalue weighted by atomic mass is 28.4. The molecule has 1 saturated heterocycles. The van der Waals surface area contributed by atoms with Crippen molar-refractivity contribution in [2.45, 2.75) is 136 Å². The highest BCUT2D eigenvalue weighted by Crippen LogP contribution is 2.42. The molecule has 0 aliphatic carbocycles. The van der Waals surface area contributed by atoms with Crippen molar-refractivity contribution < 1.29 is 18.7 Å². The summed E-state index contributed by atoms with van der Waals surface area (Å²) in [5.74, 6) is 0. The number of hydrogen-bond donors (Lipinski definition) is 0. The van der Waals surface area contributed by atoms with Crippen LogP contribution in [0.2, 0.25) is 16.6 Å². The molecule has 0 bridgehead atoms. The third kappa shape index (κ3) is 7.52. The minimum atomic E-state index is -1.77. The fourth-order valence-electron chi connectivity index (χ4n) is 5.06. The summed E-state index contributed by atoms with van der Waals surface area (Å²) in [6.07, 6.45) is 4.45. The Balaban J connectivity index is 2.52. The summed E-state index contributed by atoms with van der Waals surface area (Å²) in [7, 11) is -1.77. The number of carbonyl (C=O) groups is 1. The molecule has 1 aliphatic rings. The van der Waals surface area contributed by atoms with E-state index in [-0.39, 0.29) is 18.4 Å². The lowest BCUT2D eigenvalue weighted by atomic mass is 10.1. The summed E-state index contributed by atoms with van der Waals surface area (Å²) < 4.78 is 18.2. The first-order valence-corrected chi connectivity index (χ1v) is 14.2. The van der Waals surface area contributed by atoms with Crippen molar-refractivity contribution in [3.8, 4) is 0 Å². The lowest BCUT2D eigenvalue weighted by molar-refractivity contribution is -0.119. The molecule has 0 saturated carbocycles. The van der Waals surface area contributed by atoms with Gasteiger partial charge < -0.3 is 13.9 Å². The molecule has 0 aromatic carbocycles. The molecule has 0 N–H and O–H groups in total. The predicted octanol–water partition coefficient (Wildman–Crippen LogP) is 7.11. The first kappa shape index (κ1) is 27.4. The Bertz CT molecular complexity index is 494. The van der Waals surface area contributed by atoms with Gasteiger partial charge in [0.25, 0.3) is 0 Å². The summed E-state index contributed by atoms with van der Waals surface area (Å²) >= 11 is 0. The van der Waals surface area contributed by atoms with Crippen molar-refractivity contribution in [2.24, 2.45) is 0 Å². The molecule has 6 heteroatoms. The Labute approximate surface area is 187 Å². The van der Waals surface area contributed by atoms with Crippen LogP contribution in [0.3, 0.4) is 0 Å². The van der Waals surface area contributed by atoms with E-state index in [4.69, 9.17) is 13.9 Å². The summed E-state index contributed by atoms with van der Waals surface area (Å²) in [6, 6.07) is 0.150. The maximum absolute atomic E-state index is 12.7. The molecule has 1 rings (SSSR count). The number of ether oxygens (including phenoxy) is 2. The molecule has 30 heavy (non-hydrogen) atoms. The lowest BCUT2D eigenvalue weighted by Crippen LogP contribution is -2.52. The SMILES string of the molecule is CC(C)[Si](OCCCCC[C@@H]1OCC[C@H](C)N1C(=O)OC(C)(C)C)(C(C)C)C(C)C. The molecule has 1 amide bonds. The topological polar surface area (TPSA) is 48.0 Å². The fourth-order valence-corrected chi connectivity index (χ4v) is 10.6. The zero-order chi connectivity index (χ0) is 23.1. The Morgan fingerprint density at radius 3 is 2.10 bits per heavy atom. The molecule has 1 heterocycles. The van der Waals surface area contributed by atoms with E-state index in [0.717, 1.165) is 38.7 Å². The quantitative estimate of drug-likeness (QED) is 0.266. The van der Waals surface area contributed by atoms with Crippen LogP contribution in [-0.4, -0.2) is 50.4 Å². The van der Waals surface area contributed by atoms with Crippen LogP contribution in [0.15, 0.2) is 0 Å². The molecule has 0 unspecified atom stereocenters. The Morgan fingerprint density at radius 2 is 1.60 bits per heavy atom. The Kier molecular flexibility index (Phi) is 10.9. The minimum Gasteiger partial charge on any atom is -0.444 e. The van der Waals surface area contributed by atoms with E-state index in [1.165, 1.54) is 0 Å². The van der Waals surface area contributed by atoms with Crippen molar-refractivity contribution in [2.75, 3.05) is 13.2 Å². The van der Waals surface area contributed by atoms with Crippen molar-refractivity contribution >= 4 is 14.4 Å². The van der Waals surface area contributed by atoms with Gasteiger partial charge in [0.15, 0.2) is 8.32 Å². The van der Waals surface area contributed by atoms with Gasteiger partial charge in [-0.1, -0.05) is 48.0 Å². The lowest BCUT2D eigenvalue weighted by Gasteiger charge is -2.42. The van der Waals surface area contributed by atoms with Crippen LogP contribution in [0.1, 0.15) is 101 Å². The number of unbranched alkanes of at least 4 members (excludes halogenated alkanes) is 2. The number of nitrogens with zero attached hydrogens (tertiary/aromatic N) is 1. The largest absolute Gasteiger partial charge is 0.444 e. The van der Waals surface area contributed by atoms with Gasteiger partial charge in [0.2, 0.25) is 0 Å². The molecule has 0 radical (unpaired) electrons. The van der Waals surface area contributed by atoms with Crippen LogP contribution in [0.5, 0.6) is 0 Å². The first-order chi connectivity index (χ1) is 13.8. The highest BCUT2D eigenvalue weighted by Gasteiger charge is 2.44. The van der Waals surface area contributed by atoms with Gasteiger partial charge in [-0.2, -0.15) is 0 Å². The number of carbonyl (C=O) groups excluding carboxylic acids is 1. The zero-order valence-corrected chi connectivity index (χ0v) is 22.4. The minimum absolute atomic E-state index is 0.150. The van der Waals surface area contributed by atoms with Crippen molar-refractivity contribution in [1.82, 2.24) is 4.90 Å². The summed E-state index contributed by atoms with van der Waals surface area (Å²) in [4.78, 5) is 14.5. The third-order valence-electron chi connectivity index (χ3n) is 6.39. The molecule has 2 atom stereocenters. The van der Waals surface area contributed by atoms with Gasteiger partial charge in [-0.15, -0.1) is 0 Å². The van der Waals surface area contributed by atoms with E-state index in [9.17, 15) is 4.79 Å². The number of rotatable bonds is 10. The second-order valence-corrected chi connectivity index (χ2v) is 16.3. The van der Waals surface area contributed by atoms with Crippen molar-refractivity contribution in [3.05, 3.63) is 0 Å². The van der Waals surface area contributed by atoms with Crippen molar-refractivity contribution in [1.29, 1.82) is 0 Å². The maximum Gasteiger partial charge on any atom is 0.412 e. The van der Waals surface area contributed by atoms with Gasteiger partial charge in [-0.25, -0.2) is 4.79 Å². The number of amides is 1. The third-order valence-corrected chi connectivity index (χ3v) is 12.5. The molecule has 0 spiro atoms. The van der Waals surface area contributed by atoms with Gasteiger partial charge in [-0.3, -0.25) is 4.90 Å². The van der Waals surface area contributed by atoms with E-state index in [2.05, 4.69) is 48.5 Å². The molecule has 1 aliphatic heterocycles.